The van der Waals surface area contributed by atoms with Crippen LogP contribution in [0.3, 0.4) is 0 Å². The van der Waals surface area contributed by atoms with Crippen LogP contribution in [-0.2, 0) is 16.6 Å². The molecule has 0 saturated heterocycles. The fraction of sp³-hybridized carbons (Fsp3) is 0.333. The highest BCUT2D eigenvalue weighted by Crippen LogP contribution is 2.25. The molecule has 6 heteroatoms. The lowest BCUT2D eigenvalue weighted by atomic mass is 10.1. The van der Waals surface area contributed by atoms with Crippen LogP contribution in [0.4, 0.5) is 4.39 Å². The van der Waals surface area contributed by atoms with Crippen molar-refractivity contribution < 1.29 is 18.7 Å². The number of aryl methyl sites for hydroxylation is 1. The predicted octanol–water partition coefficient (Wildman–Crippen LogP) is 2.80. The summed E-state index contributed by atoms with van der Waals surface area (Å²) < 4.78 is 24.8. The summed E-state index contributed by atoms with van der Waals surface area (Å²) in [6, 6.07) is 7.94. The van der Waals surface area contributed by atoms with Gasteiger partial charge in [-0.1, -0.05) is 26.0 Å². The number of halogens is 1. The summed E-state index contributed by atoms with van der Waals surface area (Å²) in [4.78, 5) is 11.0. The van der Waals surface area contributed by atoms with Crippen molar-refractivity contribution in [2.24, 2.45) is 7.05 Å². The Hall–Kier alpha value is -2.37. The fourth-order valence-corrected chi connectivity index (χ4v) is 1.62. The van der Waals surface area contributed by atoms with Crippen LogP contribution < -0.4 is 4.74 Å². The summed E-state index contributed by atoms with van der Waals surface area (Å²) in [6.45, 7) is 3.77. The van der Waals surface area contributed by atoms with E-state index < -0.39 is 5.97 Å². The monoisotopic (exact) mass is 294 g/mol. The van der Waals surface area contributed by atoms with Crippen molar-refractivity contribution in [2.75, 3.05) is 13.7 Å². The molecule has 0 radical (unpaired) electrons. The van der Waals surface area contributed by atoms with Crippen LogP contribution in [0.1, 0.15) is 13.8 Å². The maximum Gasteiger partial charge on any atom is 0.343 e. The van der Waals surface area contributed by atoms with Gasteiger partial charge in [0.2, 0.25) is 5.88 Å². The van der Waals surface area contributed by atoms with Crippen molar-refractivity contribution >= 4 is 5.97 Å². The molecule has 0 fully saturated rings. The van der Waals surface area contributed by atoms with Gasteiger partial charge in [0, 0.05) is 18.7 Å². The van der Waals surface area contributed by atoms with Crippen molar-refractivity contribution in [1.82, 2.24) is 9.78 Å². The van der Waals surface area contributed by atoms with Crippen molar-refractivity contribution in [3.8, 4) is 17.1 Å². The minimum absolute atomic E-state index is 0.232. The van der Waals surface area contributed by atoms with E-state index in [0.29, 0.717) is 11.3 Å². The second kappa shape index (κ2) is 8.04. The number of carbonyl (C=O) groups is 1. The van der Waals surface area contributed by atoms with E-state index in [-0.39, 0.29) is 18.3 Å². The molecule has 1 heterocycles. The van der Waals surface area contributed by atoms with Crippen molar-refractivity contribution in [3.63, 3.8) is 0 Å². The third kappa shape index (κ3) is 4.30. The molecule has 0 aliphatic heterocycles. The molecule has 0 saturated carbocycles. The summed E-state index contributed by atoms with van der Waals surface area (Å²) in [5.74, 6) is -0.603. The number of rotatable bonds is 4. The Kier molecular flexibility index (Phi) is 6.39. The number of carbonyl (C=O) groups excluding carboxylic acids is 1. The Morgan fingerprint density at radius 1 is 1.33 bits per heavy atom. The minimum atomic E-state index is -0.502. The molecule has 1 aromatic carbocycles. The van der Waals surface area contributed by atoms with Crippen molar-refractivity contribution in [1.29, 1.82) is 0 Å². The molecule has 2 aromatic rings. The number of esters is 1. The summed E-state index contributed by atoms with van der Waals surface area (Å²) in [7, 11) is 2.95. The van der Waals surface area contributed by atoms with Gasteiger partial charge in [-0.2, -0.15) is 0 Å². The van der Waals surface area contributed by atoms with Gasteiger partial charge in [0.1, 0.15) is 5.82 Å². The smallest absolute Gasteiger partial charge is 0.343 e. The minimum Gasteiger partial charge on any atom is -0.466 e. The number of hydrogen-bond donors (Lipinski definition) is 0. The first-order chi connectivity index (χ1) is 10.1. The van der Waals surface area contributed by atoms with E-state index in [1.54, 1.807) is 31.3 Å². The van der Waals surface area contributed by atoms with E-state index in [2.05, 4.69) is 9.84 Å². The van der Waals surface area contributed by atoms with Gasteiger partial charge in [-0.3, -0.25) is 4.68 Å². The molecule has 0 aliphatic rings. The van der Waals surface area contributed by atoms with E-state index in [4.69, 9.17) is 4.74 Å². The quantitative estimate of drug-likeness (QED) is 0.814. The second-order valence-electron chi connectivity index (χ2n) is 3.84. The molecule has 0 amide bonds. The first kappa shape index (κ1) is 16.7. The first-order valence-corrected chi connectivity index (χ1v) is 6.60. The molecule has 0 N–H and O–H groups in total. The Bertz CT molecular complexity index is 596. The van der Waals surface area contributed by atoms with Gasteiger partial charge in [0.15, 0.2) is 6.61 Å². The molecule has 5 nitrogen and oxygen atoms in total. The van der Waals surface area contributed by atoms with Crippen molar-refractivity contribution in [2.45, 2.75) is 13.8 Å². The Labute approximate surface area is 123 Å². The van der Waals surface area contributed by atoms with Crippen LogP contribution in [0.2, 0.25) is 0 Å². The SMILES string of the molecule is CC.COC(=O)COc1cc(-c2ccccc2F)n(C)n1. The molecule has 0 spiro atoms. The summed E-state index contributed by atoms with van der Waals surface area (Å²) >= 11 is 0. The lowest BCUT2D eigenvalue weighted by Crippen LogP contribution is -2.12. The zero-order chi connectivity index (χ0) is 15.8. The highest BCUT2D eigenvalue weighted by Gasteiger charge is 2.12. The van der Waals surface area contributed by atoms with Crippen LogP contribution >= 0.6 is 0 Å². The maximum absolute atomic E-state index is 13.7. The normalized spacial score (nSPS) is 9.57. The molecule has 114 valence electrons. The lowest BCUT2D eigenvalue weighted by Gasteiger charge is -2.01. The van der Waals surface area contributed by atoms with Gasteiger partial charge in [0.25, 0.3) is 0 Å². The van der Waals surface area contributed by atoms with Crippen LogP contribution in [0.15, 0.2) is 30.3 Å². The molecule has 0 unspecified atom stereocenters. The summed E-state index contributed by atoms with van der Waals surface area (Å²) in [5, 5.41) is 4.05. The maximum atomic E-state index is 13.7. The highest BCUT2D eigenvalue weighted by atomic mass is 19.1. The van der Waals surface area contributed by atoms with E-state index in [1.807, 2.05) is 13.8 Å². The molecule has 0 bridgehead atoms. The molecular weight excluding hydrogens is 275 g/mol. The van der Waals surface area contributed by atoms with Gasteiger partial charge in [0.05, 0.1) is 12.8 Å². The number of aromatic nitrogens is 2. The number of ether oxygens (including phenoxy) is 2. The second-order valence-corrected chi connectivity index (χ2v) is 3.84. The predicted molar refractivity (Wildman–Crippen MR) is 77.5 cm³/mol. The van der Waals surface area contributed by atoms with Gasteiger partial charge in [-0.05, 0) is 12.1 Å². The Morgan fingerprint density at radius 2 is 2.00 bits per heavy atom. The molecule has 21 heavy (non-hydrogen) atoms. The van der Waals surface area contributed by atoms with Crippen LogP contribution in [0, 0.1) is 5.82 Å². The molecular formula is C15H19FN2O3. The molecule has 2 rings (SSSR count). The van der Waals surface area contributed by atoms with Gasteiger partial charge in [-0.25, -0.2) is 9.18 Å². The zero-order valence-corrected chi connectivity index (χ0v) is 12.6. The lowest BCUT2D eigenvalue weighted by molar-refractivity contribution is -0.143. The van der Waals surface area contributed by atoms with E-state index in [1.165, 1.54) is 17.9 Å². The van der Waals surface area contributed by atoms with Crippen LogP contribution in [0.25, 0.3) is 11.3 Å². The largest absolute Gasteiger partial charge is 0.466 e. The first-order valence-electron chi connectivity index (χ1n) is 6.60. The summed E-state index contributed by atoms with van der Waals surface area (Å²) in [5.41, 5.74) is 0.989. The third-order valence-electron chi connectivity index (χ3n) is 2.57. The Morgan fingerprint density at radius 3 is 2.62 bits per heavy atom. The average molecular weight is 294 g/mol. The topological polar surface area (TPSA) is 53.4 Å². The van der Waals surface area contributed by atoms with Crippen molar-refractivity contribution in [3.05, 3.63) is 36.1 Å². The van der Waals surface area contributed by atoms with E-state index in [0.717, 1.165) is 0 Å². The number of methoxy groups -OCH3 is 1. The standard InChI is InChI=1S/C13H13FN2O3.C2H6/c1-16-11(9-5-3-4-6-10(9)14)7-12(15-16)19-8-13(17)18-2;1-2/h3-7H,8H2,1-2H3;1-2H3. The zero-order valence-electron chi connectivity index (χ0n) is 12.6. The number of hydrogen-bond acceptors (Lipinski definition) is 4. The molecule has 0 atom stereocenters. The number of benzene rings is 1. The van der Waals surface area contributed by atoms with E-state index in [9.17, 15) is 9.18 Å². The average Bonchev–Trinajstić information content (AvgIpc) is 2.88. The highest BCUT2D eigenvalue weighted by molar-refractivity contribution is 5.71. The van der Waals surface area contributed by atoms with E-state index >= 15 is 0 Å². The fourth-order valence-electron chi connectivity index (χ4n) is 1.62. The molecule has 0 aliphatic carbocycles. The third-order valence-corrected chi connectivity index (χ3v) is 2.57. The van der Waals surface area contributed by atoms with Crippen LogP contribution in [0.5, 0.6) is 5.88 Å². The van der Waals surface area contributed by atoms with Gasteiger partial charge in [-0.15, -0.1) is 5.10 Å². The number of nitrogens with zero attached hydrogens (tertiary/aromatic N) is 2. The Balaban J connectivity index is 0.00000106. The van der Waals surface area contributed by atoms with Gasteiger partial charge >= 0.3 is 5.97 Å². The van der Waals surface area contributed by atoms with Gasteiger partial charge < -0.3 is 9.47 Å². The summed E-state index contributed by atoms with van der Waals surface area (Å²) in [6.07, 6.45) is 0. The van der Waals surface area contributed by atoms with Crippen LogP contribution in [-0.4, -0.2) is 29.5 Å². The molecule has 1 aromatic heterocycles.